The fourth-order valence-corrected chi connectivity index (χ4v) is 6.75. The number of aryl methyl sites for hydroxylation is 2. The van der Waals surface area contributed by atoms with Gasteiger partial charge >= 0.3 is 0 Å². The first-order valence-corrected chi connectivity index (χ1v) is 10.9. The zero-order valence-corrected chi connectivity index (χ0v) is 15.3. The predicted molar refractivity (Wildman–Crippen MR) is 89.8 cm³/mol. The van der Waals surface area contributed by atoms with Crippen molar-refractivity contribution >= 4 is 31.6 Å². The van der Waals surface area contributed by atoms with Gasteiger partial charge in [-0.1, -0.05) is 0 Å². The maximum absolute atomic E-state index is 12.8. The van der Waals surface area contributed by atoms with Crippen LogP contribution in [-0.4, -0.2) is 45.9 Å². The van der Waals surface area contributed by atoms with Crippen LogP contribution >= 0.6 is 0 Å². The lowest BCUT2D eigenvalue weighted by Gasteiger charge is -2.22. The van der Waals surface area contributed by atoms with Crippen molar-refractivity contribution in [2.45, 2.75) is 38.0 Å². The second-order valence-corrected chi connectivity index (χ2v) is 10.1. The predicted octanol–water partition coefficient (Wildman–Crippen LogP) is 1.15. The third-order valence-electron chi connectivity index (χ3n) is 4.42. The van der Waals surface area contributed by atoms with Crippen molar-refractivity contribution in [2.24, 2.45) is 0 Å². The van der Waals surface area contributed by atoms with E-state index in [9.17, 15) is 21.6 Å². The molecule has 1 aromatic rings. The van der Waals surface area contributed by atoms with Crippen LogP contribution in [0.2, 0.25) is 0 Å². The number of sulfonamides is 2. The second kappa shape index (κ2) is 5.82. The first kappa shape index (κ1) is 17.4. The molecule has 0 atom stereocenters. The van der Waals surface area contributed by atoms with Crippen LogP contribution in [0, 0.1) is 13.8 Å². The molecule has 2 heterocycles. The SMILES string of the molecule is Cc1cc(N2C(=O)CCS2(=O)=O)cc(C)c1S(=O)(=O)N1CCCC1. The minimum Gasteiger partial charge on any atom is -0.273 e. The molecule has 0 radical (unpaired) electrons. The van der Waals surface area contributed by atoms with E-state index in [1.165, 1.54) is 16.4 Å². The van der Waals surface area contributed by atoms with E-state index in [-0.39, 0.29) is 22.8 Å². The van der Waals surface area contributed by atoms with Crippen LogP contribution in [-0.2, 0) is 24.8 Å². The highest BCUT2D eigenvalue weighted by Crippen LogP contribution is 2.33. The number of amides is 1. The van der Waals surface area contributed by atoms with E-state index in [1.54, 1.807) is 13.8 Å². The van der Waals surface area contributed by atoms with Gasteiger partial charge in [-0.3, -0.25) is 4.79 Å². The molecule has 2 saturated heterocycles. The normalized spacial score (nSPS) is 21.6. The lowest BCUT2D eigenvalue weighted by atomic mass is 10.1. The smallest absolute Gasteiger partial charge is 0.243 e. The van der Waals surface area contributed by atoms with Gasteiger partial charge in [0.05, 0.1) is 16.3 Å². The fourth-order valence-electron chi connectivity index (χ4n) is 3.38. The Morgan fingerprint density at radius 2 is 1.58 bits per heavy atom. The van der Waals surface area contributed by atoms with E-state index < -0.39 is 26.0 Å². The maximum atomic E-state index is 12.8. The summed E-state index contributed by atoms with van der Waals surface area (Å²) in [4.78, 5) is 12.1. The fraction of sp³-hybridized carbons (Fsp3) is 0.533. The minimum atomic E-state index is -3.66. The summed E-state index contributed by atoms with van der Waals surface area (Å²) < 4.78 is 52.0. The molecule has 0 N–H and O–H groups in total. The van der Waals surface area contributed by atoms with Crippen LogP contribution in [0.5, 0.6) is 0 Å². The number of rotatable bonds is 3. The Balaban J connectivity index is 2.09. The van der Waals surface area contributed by atoms with Gasteiger partial charge in [-0.05, 0) is 49.9 Å². The first-order chi connectivity index (χ1) is 11.1. The van der Waals surface area contributed by atoms with Gasteiger partial charge in [0.2, 0.25) is 26.0 Å². The molecule has 0 aliphatic carbocycles. The maximum Gasteiger partial charge on any atom is 0.243 e. The Kier molecular flexibility index (Phi) is 4.21. The van der Waals surface area contributed by atoms with Crippen molar-refractivity contribution in [3.8, 4) is 0 Å². The van der Waals surface area contributed by atoms with Crippen LogP contribution in [0.15, 0.2) is 17.0 Å². The summed E-state index contributed by atoms with van der Waals surface area (Å²) in [7, 11) is -7.27. The van der Waals surface area contributed by atoms with Crippen molar-refractivity contribution in [1.29, 1.82) is 0 Å². The Labute approximate surface area is 142 Å². The molecule has 0 saturated carbocycles. The van der Waals surface area contributed by atoms with Crippen LogP contribution in [0.3, 0.4) is 0 Å². The molecule has 0 bridgehead atoms. The van der Waals surface area contributed by atoms with Gasteiger partial charge in [-0.2, -0.15) is 4.31 Å². The van der Waals surface area contributed by atoms with E-state index in [2.05, 4.69) is 0 Å². The van der Waals surface area contributed by atoms with Crippen molar-refractivity contribution in [2.75, 3.05) is 23.1 Å². The molecule has 1 amide bonds. The zero-order chi connectivity index (χ0) is 17.7. The summed E-state index contributed by atoms with van der Waals surface area (Å²) in [5.41, 5.74) is 1.12. The van der Waals surface area contributed by atoms with E-state index in [0.29, 0.717) is 24.2 Å². The van der Waals surface area contributed by atoms with Crippen LogP contribution < -0.4 is 4.31 Å². The Morgan fingerprint density at radius 3 is 2.04 bits per heavy atom. The molecule has 2 aliphatic heterocycles. The third kappa shape index (κ3) is 2.74. The van der Waals surface area contributed by atoms with Gasteiger partial charge in [-0.15, -0.1) is 0 Å². The number of hydrogen-bond acceptors (Lipinski definition) is 5. The summed E-state index contributed by atoms with van der Waals surface area (Å²) in [5.74, 6) is -0.693. The largest absolute Gasteiger partial charge is 0.273 e. The highest BCUT2D eigenvalue weighted by atomic mass is 32.2. The number of benzene rings is 1. The molecule has 0 aromatic heterocycles. The van der Waals surface area contributed by atoms with Crippen molar-refractivity contribution in [3.63, 3.8) is 0 Å². The molecule has 7 nitrogen and oxygen atoms in total. The Bertz CT molecular complexity index is 877. The molecule has 132 valence electrons. The summed E-state index contributed by atoms with van der Waals surface area (Å²) in [6.07, 6.45) is 1.64. The molecule has 3 rings (SSSR count). The van der Waals surface area contributed by atoms with E-state index in [0.717, 1.165) is 17.1 Å². The van der Waals surface area contributed by atoms with Gasteiger partial charge < -0.3 is 0 Å². The molecule has 9 heteroatoms. The number of anilines is 1. The average molecular weight is 372 g/mol. The lowest BCUT2D eigenvalue weighted by Crippen LogP contribution is -2.31. The minimum absolute atomic E-state index is 0.0474. The number of nitrogens with zero attached hydrogens (tertiary/aromatic N) is 2. The van der Waals surface area contributed by atoms with Crippen molar-refractivity contribution in [3.05, 3.63) is 23.3 Å². The molecule has 2 aliphatic rings. The number of carbonyl (C=O) groups excluding carboxylic acids is 1. The summed E-state index contributed by atoms with van der Waals surface area (Å²) in [6.45, 7) is 4.27. The van der Waals surface area contributed by atoms with Crippen LogP contribution in [0.4, 0.5) is 5.69 Å². The van der Waals surface area contributed by atoms with Crippen molar-refractivity contribution in [1.82, 2.24) is 4.31 Å². The van der Waals surface area contributed by atoms with Crippen LogP contribution in [0.25, 0.3) is 0 Å². The van der Waals surface area contributed by atoms with Crippen LogP contribution in [0.1, 0.15) is 30.4 Å². The Morgan fingerprint density at radius 1 is 1.04 bits per heavy atom. The summed E-state index contributed by atoms with van der Waals surface area (Å²) >= 11 is 0. The second-order valence-electron chi connectivity index (χ2n) is 6.24. The van der Waals surface area contributed by atoms with Gasteiger partial charge in [0.25, 0.3) is 0 Å². The quantitative estimate of drug-likeness (QED) is 0.794. The summed E-state index contributed by atoms with van der Waals surface area (Å²) in [6, 6.07) is 2.94. The third-order valence-corrected chi connectivity index (χ3v) is 8.32. The standard InChI is InChI=1S/C15H20N2O5S2/c1-11-9-13(17-14(18)5-8-23(17,19)20)10-12(2)15(11)24(21,22)16-6-3-4-7-16/h9-10H,3-8H2,1-2H3. The van der Waals surface area contributed by atoms with Gasteiger partial charge in [0.15, 0.2) is 0 Å². The molecule has 1 aromatic carbocycles. The molecule has 24 heavy (non-hydrogen) atoms. The highest BCUT2D eigenvalue weighted by molar-refractivity contribution is 7.94. The molecule has 0 unspecified atom stereocenters. The monoisotopic (exact) mass is 372 g/mol. The zero-order valence-electron chi connectivity index (χ0n) is 13.6. The lowest BCUT2D eigenvalue weighted by molar-refractivity contribution is -0.116. The van der Waals surface area contributed by atoms with E-state index in [1.807, 2.05) is 0 Å². The summed E-state index contributed by atoms with van der Waals surface area (Å²) in [5, 5.41) is 0. The highest BCUT2D eigenvalue weighted by Gasteiger charge is 2.37. The number of carbonyl (C=O) groups is 1. The molecular weight excluding hydrogens is 352 g/mol. The first-order valence-electron chi connectivity index (χ1n) is 7.82. The van der Waals surface area contributed by atoms with E-state index in [4.69, 9.17) is 0 Å². The van der Waals surface area contributed by atoms with Crippen molar-refractivity contribution < 1.29 is 21.6 Å². The molecule has 2 fully saturated rings. The average Bonchev–Trinajstić information content (AvgIpc) is 3.06. The van der Waals surface area contributed by atoms with Gasteiger partial charge in [-0.25, -0.2) is 21.1 Å². The topological polar surface area (TPSA) is 91.8 Å². The van der Waals surface area contributed by atoms with Gasteiger partial charge in [0, 0.05) is 19.5 Å². The number of hydrogen-bond donors (Lipinski definition) is 0. The molecular formula is C15H20N2O5S2. The van der Waals surface area contributed by atoms with Gasteiger partial charge in [0.1, 0.15) is 0 Å². The van der Waals surface area contributed by atoms with E-state index >= 15 is 0 Å². The molecule has 0 spiro atoms. The Hall–Kier alpha value is -1.45.